The molecule has 3 aromatic carbocycles. The molecule has 0 unspecified atom stereocenters. The molecule has 0 bridgehead atoms. The van der Waals surface area contributed by atoms with Gasteiger partial charge in [-0.2, -0.15) is 0 Å². The van der Waals surface area contributed by atoms with Crippen LogP contribution < -0.4 is 9.62 Å². The van der Waals surface area contributed by atoms with E-state index < -0.39 is 10.0 Å². The maximum absolute atomic E-state index is 13.4. The molecule has 3 rings (SSSR count). The number of aryl methyl sites for hydroxylation is 2. The molecule has 1 N–H and O–H groups in total. The highest BCUT2D eigenvalue weighted by molar-refractivity contribution is 7.99. The van der Waals surface area contributed by atoms with Crippen molar-refractivity contribution >= 4 is 45.0 Å². The van der Waals surface area contributed by atoms with E-state index in [1.54, 1.807) is 48.2 Å². The lowest BCUT2D eigenvalue weighted by molar-refractivity contribution is -0.119. The highest BCUT2D eigenvalue weighted by Crippen LogP contribution is 2.27. The number of benzene rings is 3. The lowest BCUT2D eigenvalue weighted by Gasteiger charge is -2.26. The number of amides is 1. The van der Waals surface area contributed by atoms with Crippen LogP contribution in [0.25, 0.3) is 0 Å². The Bertz CT molecular complexity index is 1180. The minimum Gasteiger partial charge on any atom is -0.354 e. The summed E-state index contributed by atoms with van der Waals surface area (Å²) in [5.41, 5.74) is 2.21. The summed E-state index contributed by atoms with van der Waals surface area (Å²) in [7, 11) is -3.91. The molecule has 0 aliphatic rings. The van der Waals surface area contributed by atoms with E-state index in [0.29, 0.717) is 17.3 Å². The Morgan fingerprint density at radius 2 is 1.70 bits per heavy atom. The van der Waals surface area contributed by atoms with E-state index in [-0.39, 0.29) is 17.3 Å². The highest BCUT2D eigenvalue weighted by atomic mass is 35.5. The Hall–Kier alpha value is -2.48. The van der Waals surface area contributed by atoms with E-state index in [0.717, 1.165) is 28.2 Å². The standard InChI is InChI=1S/C25H27ClN2O3S2/c1-19-9-10-20(2)24(17-19)28(33(30,31)23-7-4-3-5-8-23)18-25(29)27-15-6-16-32-22-13-11-21(26)12-14-22/h3-5,7-14,17H,6,15-16,18H2,1-2H3,(H,27,29). The van der Waals surface area contributed by atoms with Crippen LogP contribution in [0.3, 0.4) is 0 Å². The van der Waals surface area contributed by atoms with E-state index in [9.17, 15) is 13.2 Å². The Balaban J connectivity index is 1.66. The third-order valence-electron chi connectivity index (χ3n) is 4.98. The van der Waals surface area contributed by atoms with Crippen molar-refractivity contribution in [1.29, 1.82) is 0 Å². The Labute approximate surface area is 205 Å². The highest BCUT2D eigenvalue weighted by Gasteiger charge is 2.28. The number of hydrogen-bond acceptors (Lipinski definition) is 4. The summed E-state index contributed by atoms with van der Waals surface area (Å²) >= 11 is 7.58. The van der Waals surface area contributed by atoms with Gasteiger partial charge >= 0.3 is 0 Å². The fourth-order valence-corrected chi connectivity index (χ4v) is 5.69. The number of halogens is 1. The first-order valence-electron chi connectivity index (χ1n) is 10.6. The van der Waals surface area contributed by atoms with E-state index in [1.165, 1.54) is 4.31 Å². The zero-order valence-electron chi connectivity index (χ0n) is 18.6. The molecule has 0 radical (unpaired) electrons. The van der Waals surface area contributed by atoms with Crippen LogP contribution in [-0.2, 0) is 14.8 Å². The summed E-state index contributed by atoms with van der Waals surface area (Å²) in [6, 6.07) is 21.4. The fraction of sp³-hybridized carbons (Fsp3) is 0.240. The molecule has 0 heterocycles. The van der Waals surface area contributed by atoms with E-state index in [2.05, 4.69) is 5.32 Å². The van der Waals surface area contributed by atoms with Gasteiger partial charge in [-0.05, 0) is 79.6 Å². The van der Waals surface area contributed by atoms with Crippen molar-refractivity contribution < 1.29 is 13.2 Å². The molecule has 0 aliphatic heterocycles. The average molecular weight is 503 g/mol. The molecule has 0 saturated heterocycles. The normalized spacial score (nSPS) is 11.2. The Morgan fingerprint density at radius 3 is 2.39 bits per heavy atom. The van der Waals surface area contributed by atoms with Crippen molar-refractivity contribution in [3.8, 4) is 0 Å². The molecule has 33 heavy (non-hydrogen) atoms. The molecule has 0 aromatic heterocycles. The zero-order valence-corrected chi connectivity index (χ0v) is 21.0. The van der Waals surface area contributed by atoms with E-state index in [1.807, 2.05) is 50.2 Å². The molecule has 3 aromatic rings. The van der Waals surface area contributed by atoms with Gasteiger partial charge in [0, 0.05) is 16.5 Å². The third-order valence-corrected chi connectivity index (χ3v) is 8.10. The topological polar surface area (TPSA) is 66.5 Å². The molecule has 0 atom stereocenters. The summed E-state index contributed by atoms with van der Waals surface area (Å²) in [6.45, 7) is 3.92. The van der Waals surface area contributed by atoms with Crippen LogP contribution in [0.1, 0.15) is 17.5 Å². The summed E-state index contributed by atoms with van der Waals surface area (Å²) < 4.78 is 28.0. The molecule has 0 saturated carbocycles. The van der Waals surface area contributed by atoms with Gasteiger partial charge in [0.15, 0.2) is 0 Å². The van der Waals surface area contributed by atoms with Gasteiger partial charge in [-0.15, -0.1) is 11.8 Å². The molecule has 174 valence electrons. The Morgan fingerprint density at radius 1 is 1.00 bits per heavy atom. The summed E-state index contributed by atoms with van der Waals surface area (Å²) in [5, 5.41) is 3.56. The van der Waals surface area contributed by atoms with Gasteiger partial charge in [0.2, 0.25) is 5.91 Å². The van der Waals surface area contributed by atoms with Gasteiger partial charge in [0.1, 0.15) is 6.54 Å². The lowest BCUT2D eigenvalue weighted by Crippen LogP contribution is -2.41. The van der Waals surface area contributed by atoms with Gasteiger partial charge in [0.05, 0.1) is 10.6 Å². The molecule has 0 spiro atoms. The molecule has 8 heteroatoms. The van der Waals surface area contributed by atoms with Crippen LogP contribution in [0, 0.1) is 13.8 Å². The smallest absolute Gasteiger partial charge is 0.264 e. The minimum atomic E-state index is -3.91. The molecule has 1 amide bonds. The van der Waals surface area contributed by atoms with Gasteiger partial charge in [-0.25, -0.2) is 8.42 Å². The van der Waals surface area contributed by atoms with Crippen molar-refractivity contribution in [3.63, 3.8) is 0 Å². The number of thioether (sulfide) groups is 1. The number of anilines is 1. The monoisotopic (exact) mass is 502 g/mol. The maximum atomic E-state index is 13.4. The molecule has 5 nitrogen and oxygen atoms in total. The molecule has 0 fully saturated rings. The van der Waals surface area contributed by atoms with Gasteiger partial charge < -0.3 is 5.32 Å². The summed E-state index contributed by atoms with van der Waals surface area (Å²) in [6.07, 6.45) is 0.758. The molecule has 0 aliphatic carbocycles. The van der Waals surface area contributed by atoms with Gasteiger partial charge in [0.25, 0.3) is 10.0 Å². The first-order valence-corrected chi connectivity index (χ1v) is 13.4. The zero-order chi connectivity index (χ0) is 23.8. The van der Waals surface area contributed by atoms with Crippen LogP contribution in [0.2, 0.25) is 5.02 Å². The number of carbonyl (C=O) groups excluding carboxylic acids is 1. The summed E-state index contributed by atoms with van der Waals surface area (Å²) in [5.74, 6) is 0.484. The predicted octanol–water partition coefficient (Wildman–Crippen LogP) is 5.45. The number of carbonyl (C=O) groups is 1. The first-order chi connectivity index (χ1) is 15.8. The van der Waals surface area contributed by atoms with Crippen molar-refractivity contribution in [2.45, 2.75) is 30.1 Å². The molecular formula is C25H27ClN2O3S2. The quantitative estimate of drug-likeness (QED) is 0.295. The number of sulfonamides is 1. The lowest BCUT2D eigenvalue weighted by atomic mass is 10.1. The molecular weight excluding hydrogens is 476 g/mol. The van der Waals surface area contributed by atoms with Crippen molar-refractivity contribution in [1.82, 2.24) is 5.32 Å². The van der Waals surface area contributed by atoms with Crippen LogP contribution in [0.15, 0.2) is 82.6 Å². The van der Waals surface area contributed by atoms with Crippen LogP contribution in [0.5, 0.6) is 0 Å². The van der Waals surface area contributed by atoms with Crippen molar-refractivity contribution in [3.05, 3.63) is 88.9 Å². The number of hydrogen-bond donors (Lipinski definition) is 1. The number of rotatable bonds is 10. The van der Waals surface area contributed by atoms with Crippen molar-refractivity contribution in [2.24, 2.45) is 0 Å². The fourth-order valence-electron chi connectivity index (χ4n) is 3.21. The number of nitrogens with zero attached hydrogens (tertiary/aromatic N) is 1. The van der Waals surface area contributed by atoms with E-state index >= 15 is 0 Å². The van der Waals surface area contributed by atoms with Gasteiger partial charge in [-0.1, -0.05) is 41.9 Å². The first kappa shape index (κ1) is 25.1. The van der Waals surface area contributed by atoms with Crippen LogP contribution >= 0.6 is 23.4 Å². The maximum Gasteiger partial charge on any atom is 0.264 e. The second kappa shape index (κ2) is 11.6. The second-order valence-corrected chi connectivity index (χ2v) is 11.1. The SMILES string of the molecule is Cc1ccc(C)c(N(CC(=O)NCCCSc2ccc(Cl)cc2)S(=O)(=O)c2ccccc2)c1. The van der Waals surface area contributed by atoms with Crippen LogP contribution in [0.4, 0.5) is 5.69 Å². The Kier molecular flexibility index (Phi) is 8.83. The third kappa shape index (κ3) is 7.00. The summed E-state index contributed by atoms with van der Waals surface area (Å²) in [4.78, 5) is 14.0. The van der Waals surface area contributed by atoms with E-state index in [4.69, 9.17) is 11.6 Å². The van der Waals surface area contributed by atoms with Crippen LogP contribution in [-0.4, -0.2) is 33.2 Å². The van der Waals surface area contributed by atoms with Gasteiger partial charge in [-0.3, -0.25) is 9.10 Å². The number of nitrogens with one attached hydrogen (secondary N) is 1. The van der Waals surface area contributed by atoms with Crippen molar-refractivity contribution in [2.75, 3.05) is 23.1 Å². The minimum absolute atomic E-state index is 0.151. The second-order valence-electron chi connectivity index (χ2n) is 7.62. The average Bonchev–Trinajstić information content (AvgIpc) is 2.80. The largest absolute Gasteiger partial charge is 0.354 e. The predicted molar refractivity (Wildman–Crippen MR) is 137 cm³/mol.